The van der Waals surface area contributed by atoms with Crippen LogP contribution >= 0.6 is 15.9 Å². The zero-order chi connectivity index (χ0) is 21.9. The molecule has 0 aliphatic carbocycles. The maximum atomic E-state index is 13.3. The van der Waals surface area contributed by atoms with Gasteiger partial charge in [0.25, 0.3) is 0 Å². The Kier molecular flexibility index (Phi) is 7.52. The molecule has 1 aromatic heterocycles. The second-order valence-electron chi connectivity index (χ2n) is 7.85. The van der Waals surface area contributed by atoms with Gasteiger partial charge in [-0.3, -0.25) is 9.88 Å². The fraction of sp³-hybridized carbons (Fsp3) is 0.476. The van der Waals surface area contributed by atoms with Gasteiger partial charge < -0.3 is 9.84 Å². The molecular formula is C21H28BrN3O4S. The molecule has 1 N–H and O–H groups in total. The normalized spacial score (nSPS) is 22.6. The van der Waals surface area contributed by atoms with E-state index in [9.17, 15) is 13.5 Å². The summed E-state index contributed by atoms with van der Waals surface area (Å²) in [6.45, 7) is 4.98. The molecule has 0 spiro atoms. The molecule has 1 aromatic carbocycles. The third-order valence-corrected chi connectivity index (χ3v) is 7.79. The van der Waals surface area contributed by atoms with Gasteiger partial charge in [0, 0.05) is 42.3 Å². The number of aromatic nitrogens is 1. The van der Waals surface area contributed by atoms with Crippen LogP contribution in [0.4, 0.5) is 0 Å². The Hall–Kier alpha value is -1.52. The van der Waals surface area contributed by atoms with Gasteiger partial charge >= 0.3 is 0 Å². The smallest absolute Gasteiger partial charge is 0.247 e. The number of ether oxygens (including phenoxy) is 1. The van der Waals surface area contributed by atoms with Crippen LogP contribution in [0.2, 0.25) is 0 Å². The first kappa shape index (κ1) is 23.1. The van der Waals surface area contributed by atoms with Gasteiger partial charge in [-0.25, -0.2) is 8.42 Å². The Morgan fingerprint density at radius 2 is 2.13 bits per heavy atom. The molecule has 0 bridgehead atoms. The van der Waals surface area contributed by atoms with Crippen molar-refractivity contribution in [3.05, 3.63) is 52.8 Å². The second kappa shape index (κ2) is 9.74. The summed E-state index contributed by atoms with van der Waals surface area (Å²) in [6.07, 6.45) is 1.53. The van der Waals surface area contributed by atoms with Gasteiger partial charge in [0.2, 0.25) is 10.0 Å². The van der Waals surface area contributed by atoms with Crippen molar-refractivity contribution in [1.29, 1.82) is 0 Å². The minimum Gasteiger partial charge on any atom is -0.487 e. The lowest BCUT2D eigenvalue weighted by molar-refractivity contribution is 0.0730. The van der Waals surface area contributed by atoms with Crippen LogP contribution in [-0.4, -0.2) is 66.6 Å². The number of aliphatic hydroxyl groups is 1. The number of rotatable bonds is 6. The van der Waals surface area contributed by atoms with E-state index in [0.717, 1.165) is 10.2 Å². The highest BCUT2D eigenvalue weighted by molar-refractivity contribution is 9.10. The van der Waals surface area contributed by atoms with Gasteiger partial charge in [-0.15, -0.1) is 0 Å². The summed E-state index contributed by atoms with van der Waals surface area (Å²) in [5.41, 5.74) is 0.958. The van der Waals surface area contributed by atoms with E-state index in [2.05, 4.69) is 25.8 Å². The maximum Gasteiger partial charge on any atom is 0.247 e. The molecule has 1 aliphatic heterocycles. The topological polar surface area (TPSA) is 83.0 Å². The molecule has 0 fully saturated rings. The van der Waals surface area contributed by atoms with Crippen LogP contribution in [0.5, 0.6) is 5.75 Å². The highest BCUT2D eigenvalue weighted by atomic mass is 79.9. The summed E-state index contributed by atoms with van der Waals surface area (Å²) in [5.74, 6) is 0.231. The molecule has 164 valence electrons. The lowest BCUT2D eigenvalue weighted by atomic mass is 10.0. The molecule has 3 rings (SSSR count). The Balaban J connectivity index is 1.92. The van der Waals surface area contributed by atoms with Crippen LogP contribution in [0.15, 0.2) is 52.0 Å². The number of benzene rings is 1. The van der Waals surface area contributed by atoms with Gasteiger partial charge in [0.1, 0.15) is 16.7 Å². The van der Waals surface area contributed by atoms with Crippen LogP contribution in [0.25, 0.3) is 0 Å². The summed E-state index contributed by atoms with van der Waals surface area (Å²) >= 11 is 3.41. The van der Waals surface area contributed by atoms with Crippen LogP contribution in [-0.2, 0) is 16.6 Å². The number of pyridine rings is 1. The van der Waals surface area contributed by atoms with Gasteiger partial charge in [0.05, 0.1) is 12.3 Å². The predicted octanol–water partition coefficient (Wildman–Crippen LogP) is 2.74. The lowest BCUT2D eigenvalue weighted by Crippen LogP contribution is -2.49. The Morgan fingerprint density at radius 3 is 2.80 bits per heavy atom. The van der Waals surface area contributed by atoms with E-state index in [1.807, 2.05) is 32.2 Å². The molecule has 0 amide bonds. The molecule has 3 atom stereocenters. The number of aliphatic hydroxyl groups excluding tert-OH is 1. The van der Waals surface area contributed by atoms with Crippen molar-refractivity contribution in [2.45, 2.75) is 37.4 Å². The zero-order valence-corrected chi connectivity index (χ0v) is 19.8. The van der Waals surface area contributed by atoms with Gasteiger partial charge in [0.15, 0.2) is 0 Å². The van der Waals surface area contributed by atoms with E-state index in [0.29, 0.717) is 18.8 Å². The summed E-state index contributed by atoms with van der Waals surface area (Å²) in [7, 11) is -1.80. The van der Waals surface area contributed by atoms with Gasteiger partial charge in [-0.1, -0.05) is 28.9 Å². The molecule has 1 aliphatic rings. The average Bonchev–Trinajstić information content (AvgIpc) is 2.70. The van der Waals surface area contributed by atoms with E-state index in [1.54, 1.807) is 31.3 Å². The fourth-order valence-corrected chi connectivity index (χ4v) is 5.72. The van der Waals surface area contributed by atoms with Crippen molar-refractivity contribution >= 4 is 26.0 Å². The highest BCUT2D eigenvalue weighted by Gasteiger charge is 2.38. The molecule has 0 unspecified atom stereocenters. The Labute approximate surface area is 186 Å². The largest absolute Gasteiger partial charge is 0.487 e. The first-order chi connectivity index (χ1) is 14.2. The van der Waals surface area contributed by atoms with E-state index in [4.69, 9.17) is 4.74 Å². The van der Waals surface area contributed by atoms with Crippen LogP contribution in [0, 0.1) is 5.92 Å². The maximum absolute atomic E-state index is 13.3. The van der Waals surface area contributed by atoms with Gasteiger partial charge in [-0.05, 0) is 44.3 Å². The van der Waals surface area contributed by atoms with E-state index in [-0.39, 0.29) is 30.1 Å². The van der Waals surface area contributed by atoms with E-state index >= 15 is 0 Å². The molecule has 0 radical (unpaired) electrons. The Bertz CT molecular complexity index is 958. The van der Waals surface area contributed by atoms with Crippen molar-refractivity contribution in [3.8, 4) is 5.75 Å². The third kappa shape index (κ3) is 5.20. The SMILES string of the molecule is C[C@@H]1CN([C@H](C)CO)S(=O)(=O)c2ccc(Br)cc2O[C@H]1CN(C)Cc1ccccn1. The van der Waals surface area contributed by atoms with Crippen molar-refractivity contribution < 1.29 is 18.3 Å². The molecule has 7 nitrogen and oxygen atoms in total. The van der Waals surface area contributed by atoms with E-state index < -0.39 is 16.1 Å². The van der Waals surface area contributed by atoms with Crippen molar-refractivity contribution in [3.63, 3.8) is 0 Å². The summed E-state index contributed by atoms with van der Waals surface area (Å²) in [4.78, 5) is 6.62. The van der Waals surface area contributed by atoms with Crippen molar-refractivity contribution in [2.75, 3.05) is 26.7 Å². The monoisotopic (exact) mass is 497 g/mol. The lowest BCUT2D eigenvalue weighted by Gasteiger charge is -2.37. The number of likely N-dealkylation sites (N-methyl/N-ethyl adjacent to an activating group) is 1. The fourth-order valence-electron chi connectivity index (χ4n) is 3.56. The van der Waals surface area contributed by atoms with Crippen molar-refractivity contribution in [2.24, 2.45) is 5.92 Å². The zero-order valence-electron chi connectivity index (χ0n) is 17.4. The highest BCUT2D eigenvalue weighted by Crippen LogP contribution is 2.35. The average molecular weight is 498 g/mol. The first-order valence-electron chi connectivity index (χ1n) is 9.89. The molecule has 30 heavy (non-hydrogen) atoms. The number of hydrogen-bond acceptors (Lipinski definition) is 6. The van der Waals surface area contributed by atoms with Crippen LogP contribution in [0.3, 0.4) is 0 Å². The van der Waals surface area contributed by atoms with Crippen molar-refractivity contribution in [1.82, 2.24) is 14.2 Å². The van der Waals surface area contributed by atoms with Crippen LogP contribution < -0.4 is 4.74 Å². The number of hydrogen-bond donors (Lipinski definition) is 1. The van der Waals surface area contributed by atoms with E-state index in [1.165, 1.54) is 4.31 Å². The number of sulfonamides is 1. The number of nitrogens with zero attached hydrogens (tertiary/aromatic N) is 3. The molecule has 2 aromatic rings. The Morgan fingerprint density at radius 1 is 1.37 bits per heavy atom. The molecule has 9 heteroatoms. The second-order valence-corrected chi connectivity index (χ2v) is 10.6. The molecule has 0 saturated carbocycles. The predicted molar refractivity (Wildman–Crippen MR) is 119 cm³/mol. The standard InChI is InChI=1S/C21H28BrN3O4S/c1-15-11-25(16(2)14-26)30(27,28)21-8-7-17(22)10-19(21)29-20(15)13-24(3)12-18-6-4-5-9-23-18/h4-10,15-16,20,26H,11-14H2,1-3H3/t15-,16-,20+/m1/s1. The third-order valence-electron chi connectivity index (χ3n) is 5.28. The summed E-state index contributed by atoms with van der Waals surface area (Å²) in [5, 5.41) is 9.68. The quantitative estimate of drug-likeness (QED) is 0.660. The first-order valence-corrected chi connectivity index (χ1v) is 12.1. The number of fused-ring (bicyclic) bond motifs is 1. The molecular weight excluding hydrogens is 470 g/mol. The number of halogens is 1. The minimum absolute atomic E-state index is 0.0907. The molecule has 2 heterocycles. The summed E-state index contributed by atoms with van der Waals surface area (Å²) in [6, 6.07) is 10.2. The minimum atomic E-state index is -3.80. The van der Waals surface area contributed by atoms with Crippen LogP contribution in [0.1, 0.15) is 19.5 Å². The van der Waals surface area contributed by atoms with Gasteiger partial charge in [-0.2, -0.15) is 4.31 Å². The molecule has 0 saturated heterocycles. The summed E-state index contributed by atoms with van der Waals surface area (Å²) < 4.78 is 35.0.